The minimum atomic E-state index is 0.141. The van der Waals surface area contributed by atoms with Gasteiger partial charge in [-0.15, -0.1) is 11.3 Å². The molecule has 0 aliphatic carbocycles. The molecule has 0 amide bonds. The number of benzene rings is 1. The fourth-order valence-corrected chi connectivity index (χ4v) is 4.73. The first-order valence-corrected chi connectivity index (χ1v) is 10.8. The molecule has 1 aromatic heterocycles. The fourth-order valence-electron chi connectivity index (χ4n) is 1.95. The molecule has 0 saturated carbocycles. The van der Waals surface area contributed by atoms with Gasteiger partial charge in [-0.3, -0.25) is 4.99 Å². The summed E-state index contributed by atoms with van der Waals surface area (Å²) in [5.74, 6) is 2.81. The number of hydrogen-bond acceptors (Lipinski definition) is 6. The second-order valence-electron chi connectivity index (χ2n) is 4.77. The van der Waals surface area contributed by atoms with Crippen LogP contribution in [0.25, 0.3) is 10.4 Å². The minimum Gasteiger partial charge on any atom is -0.504 e. The summed E-state index contributed by atoms with van der Waals surface area (Å²) < 4.78 is 5.22. The molecule has 2 rings (SSSR count). The van der Waals surface area contributed by atoms with Gasteiger partial charge in [-0.05, 0) is 30.0 Å². The molecular weight excluding hydrogens is 346 g/mol. The highest BCUT2D eigenvalue weighted by molar-refractivity contribution is 8.76. The predicted octanol–water partition coefficient (Wildman–Crippen LogP) is 5.34. The Balaban J connectivity index is 2.09. The van der Waals surface area contributed by atoms with Gasteiger partial charge in [-0.25, -0.2) is 0 Å². The minimum absolute atomic E-state index is 0.141. The lowest BCUT2D eigenvalue weighted by Crippen LogP contribution is -1.92. The zero-order valence-electron chi connectivity index (χ0n) is 13.3. The third kappa shape index (κ3) is 5.48. The molecule has 0 bridgehead atoms. The molecule has 1 heterocycles. The van der Waals surface area contributed by atoms with Crippen LogP contribution in [0.2, 0.25) is 0 Å². The first kappa shape index (κ1) is 18.2. The van der Waals surface area contributed by atoms with Gasteiger partial charge in [0.1, 0.15) is 0 Å². The van der Waals surface area contributed by atoms with Crippen LogP contribution >= 0.6 is 32.9 Å². The van der Waals surface area contributed by atoms with Crippen molar-refractivity contribution in [1.82, 2.24) is 0 Å². The number of thiophene rings is 1. The first-order valence-electron chi connectivity index (χ1n) is 7.45. The number of phenols is 1. The Hall–Kier alpha value is -1.11. The van der Waals surface area contributed by atoms with Crippen LogP contribution in [-0.4, -0.2) is 36.5 Å². The summed E-state index contributed by atoms with van der Waals surface area (Å²) in [4.78, 5) is 5.64. The Kier molecular flexibility index (Phi) is 7.85. The van der Waals surface area contributed by atoms with Crippen molar-refractivity contribution < 1.29 is 9.84 Å². The monoisotopic (exact) mass is 367 g/mol. The van der Waals surface area contributed by atoms with Crippen molar-refractivity contribution >= 4 is 39.1 Å². The van der Waals surface area contributed by atoms with E-state index in [-0.39, 0.29) is 5.75 Å². The second-order valence-corrected chi connectivity index (χ2v) is 8.42. The number of phenolic OH excluding ortho intramolecular Hbond substituents is 1. The molecule has 0 atom stereocenters. The van der Waals surface area contributed by atoms with Crippen LogP contribution in [0.1, 0.15) is 18.9 Å². The largest absolute Gasteiger partial charge is 0.504 e. The predicted molar refractivity (Wildman–Crippen MR) is 106 cm³/mol. The second kappa shape index (κ2) is 9.90. The molecule has 0 saturated heterocycles. The van der Waals surface area contributed by atoms with E-state index < -0.39 is 0 Å². The lowest BCUT2D eigenvalue weighted by atomic mass is 10.1. The Labute approximate surface area is 149 Å². The summed E-state index contributed by atoms with van der Waals surface area (Å²) >= 11 is 1.66. The number of methoxy groups -OCH3 is 1. The smallest absolute Gasteiger partial charge is 0.161 e. The molecule has 0 aliphatic heterocycles. The van der Waals surface area contributed by atoms with Crippen LogP contribution in [0, 0.1) is 0 Å². The van der Waals surface area contributed by atoms with Gasteiger partial charge in [-0.2, -0.15) is 0 Å². The van der Waals surface area contributed by atoms with Crippen molar-refractivity contribution in [3.63, 3.8) is 0 Å². The molecule has 0 spiro atoms. The van der Waals surface area contributed by atoms with E-state index in [1.54, 1.807) is 24.5 Å². The van der Waals surface area contributed by atoms with Crippen LogP contribution in [0.15, 0.2) is 34.6 Å². The van der Waals surface area contributed by atoms with E-state index in [2.05, 4.69) is 18.0 Å². The first-order chi connectivity index (χ1) is 11.3. The van der Waals surface area contributed by atoms with Crippen molar-refractivity contribution in [2.24, 2.45) is 4.99 Å². The van der Waals surface area contributed by atoms with E-state index in [1.165, 1.54) is 12.2 Å². The lowest BCUT2D eigenvalue weighted by molar-refractivity contribution is 0.373. The third-order valence-corrected chi connectivity index (χ3v) is 6.54. The van der Waals surface area contributed by atoms with Gasteiger partial charge < -0.3 is 9.84 Å². The van der Waals surface area contributed by atoms with Gasteiger partial charge in [0.15, 0.2) is 11.5 Å². The third-order valence-electron chi connectivity index (χ3n) is 3.04. The number of aromatic hydroxyl groups is 1. The summed E-state index contributed by atoms with van der Waals surface area (Å²) in [6.07, 6.45) is 3.05. The van der Waals surface area contributed by atoms with Gasteiger partial charge >= 0.3 is 0 Å². The number of hydrogen-bond donors (Lipinski definition) is 1. The van der Waals surface area contributed by atoms with Crippen LogP contribution < -0.4 is 4.74 Å². The summed E-state index contributed by atoms with van der Waals surface area (Å²) in [5, 5.41) is 12.1. The molecule has 6 heteroatoms. The van der Waals surface area contributed by atoms with Crippen LogP contribution in [0.4, 0.5) is 0 Å². The summed E-state index contributed by atoms with van der Waals surface area (Å²) in [5.41, 5.74) is 1.95. The van der Waals surface area contributed by atoms with Crippen molar-refractivity contribution in [2.45, 2.75) is 13.3 Å². The van der Waals surface area contributed by atoms with Gasteiger partial charge in [0.25, 0.3) is 0 Å². The molecule has 0 unspecified atom stereocenters. The molecule has 2 aromatic rings. The molecule has 1 N–H and O–H groups in total. The quantitative estimate of drug-likeness (QED) is 0.369. The summed E-state index contributed by atoms with van der Waals surface area (Å²) in [7, 11) is 5.32. The zero-order valence-corrected chi connectivity index (χ0v) is 15.8. The molecule has 0 radical (unpaired) electrons. The van der Waals surface area contributed by atoms with E-state index in [1.807, 2.05) is 45.3 Å². The molecule has 0 aliphatic rings. The Morgan fingerprint density at radius 1 is 1.30 bits per heavy atom. The molecule has 0 fully saturated rings. The fraction of sp³-hybridized carbons (Fsp3) is 0.353. The highest BCUT2D eigenvalue weighted by Crippen LogP contribution is 2.36. The summed E-state index contributed by atoms with van der Waals surface area (Å²) in [6.45, 7) is 2.96. The molecule has 23 heavy (non-hydrogen) atoms. The maximum atomic E-state index is 10.0. The van der Waals surface area contributed by atoms with E-state index in [0.717, 1.165) is 28.3 Å². The van der Waals surface area contributed by atoms with Crippen LogP contribution in [0.3, 0.4) is 0 Å². The molecular formula is C17H21NO2S3. The maximum absolute atomic E-state index is 10.0. The van der Waals surface area contributed by atoms with Crippen molar-refractivity contribution in [2.75, 3.05) is 25.2 Å². The Bertz CT molecular complexity index is 627. The van der Waals surface area contributed by atoms with Crippen LogP contribution in [0.5, 0.6) is 11.5 Å². The maximum Gasteiger partial charge on any atom is 0.161 e. The SMILES string of the molecule is CCCSSCC/N=C/c1cc(O)c(OC)cc1-c1cccs1. The van der Waals surface area contributed by atoms with Gasteiger partial charge in [0, 0.05) is 40.3 Å². The molecule has 3 nitrogen and oxygen atoms in total. The van der Waals surface area contributed by atoms with E-state index in [9.17, 15) is 5.11 Å². The standard InChI is InChI=1S/C17H21NO2S3/c1-3-7-22-23-9-6-18-12-13-10-15(19)16(20-2)11-14(13)17-5-4-8-21-17/h4-5,8,10-12,19H,3,6-7,9H2,1-2H3/b18-12+. The average Bonchev–Trinajstić information content (AvgIpc) is 3.08. The van der Waals surface area contributed by atoms with Crippen LogP contribution in [-0.2, 0) is 0 Å². The Morgan fingerprint density at radius 2 is 2.13 bits per heavy atom. The topological polar surface area (TPSA) is 41.8 Å². The van der Waals surface area contributed by atoms with E-state index in [4.69, 9.17) is 4.74 Å². The Morgan fingerprint density at radius 3 is 2.83 bits per heavy atom. The van der Waals surface area contributed by atoms with Gasteiger partial charge in [0.2, 0.25) is 0 Å². The number of ether oxygens (including phenoxy) is 1. The normalized spacial score (nSPS) is 11.2. The number of aliphatic imine (C=N–C) groups is 1. The van der Waals surface area contributed by atoms with Crippen molar-refractivity contribution in [1.29, 1.82) is 0 Å². The van der Waals surface area contributed by atoms with Gasteiger partial charge in [0.05, 0.1) is 7.11 Å². The van der Waals surface area contributed by atoms with Crippen molar-refractivity contribution in [3.05, 3.63) is 35.2 Å². The summed E-state index contributed by atoms with van der Waals surface area (Å²) in [6, 6.07) is 7.66. The highest BCUT2D eigenvalue weighted by atomic mass is 33.1. The highest BCUT2D eigenvalue weighted by Gasteiger charge is 2.11. The zero-order chi connectivity index (χ0) is 16.5. The molecule has 124 valence electrons. The number of rotatable bonds is 9. The molecule has 1 aromatic carbocycles. The van der Waals surface area contributed by atoms with Crippen molar-refractivity contribution in [3.8, 4) is 21.9 Å². The van der Waals surface area contributed by atoms with Gasteiger partial charge in [-0.1, -0.05) is 34.6 Å². The van der Waals surface area contributed by atoms with E-state index in [0.29, 0.717) is 5.75 Å². The lowest BCUT2D eigenvalue weighted by Gasteiger charge is -2.09. The average molecular weight is 368 g/mol. The number of nitrogens with zero attached hydrogens (tertiary/aromatic N) is 1. The van der Waals surface area contributed by atoms with E-state index >= 15 is 0 Å².